The van der Waals surface area contributed by atoms with Gasteiger partial charge < -0.3 is 4.98 Å². The summed E-state index contributed by atoms with van der Waals surface area (Å²) in [5.74, 6) is -1.48. The lowest BCUT2D eigenvalue weighted by molar-refractivity contribution is -0.188. The van der Waals surface area contributed by atoms with Gasteiger partial charge in [0, 0.05) is 29.4 Å². The topological polar surface area (TPSA) is 91.8 Å². The Hall–Kier alpha value is -2.27. The lowest BCUT2D eigenvalue weighted by Crippen LogP contribution is -2.50. The molecule has 178 valence electrons. The van der Waals surface area contributed by atoms with Crippen LogP contribution in [-0.2, 0) is 10.7 Å². The quantitative estimate of drug-likeness (QED) is 0.548. The molecule has 2 aliphatic rings. The number of hydrogen-bond acceptors (Lipinski definition) is 6. The molecular weight excluding hydrogens is 455 g/mol. The van der Waals surface area contributed by atoms with Crippen molar-refractivity contribution < 1.29 is 21.6 Å². The third kappa shape index (κ3) is 4.32. The Morgan fingerprint density at radius 1 is 1.09 bits per heavy atom. The number of aromatic amines is 1. The number of H-pyrrole nitrogens is 1. The first-order valence-electron chi connectivity index (χ1n) is 11.3. The van der Waals surface area contributed by atoms with Gasteiger partial charge in [0.2, 0.25) is 0 Å². The van der Waals surface area contributed by atoms with E-state index >= 15 is 0 Å². The first kappa shape index (κ1) is 22.5. The van der Waals surface area contributed by atoms with Crippen LogP contribution in [0.4, 0.5) is 13.2 Å². The fourth-order valence-electron chi connectivity index (χ4n) is 5.70. The minimum atomic E-state index is -4.29. The zero-order valence-electron chi connectivity index (χ0n) is 18.0. The van der Waals surface area contributed by atoms with E-state index in [-0.39, 0.29) is 24.8 Å². The van der Waals surface area contributed by atoms with Crippen LogP contribution in [-0.4, -0.2) is 57.9 Å². The summed E-state index contributed by atoms with van der Waals surface area (Å²) in [5, 5.41) is 1.08. The Morgan fingerprint density at radius 2 is 1.88 bits per heavy atom. The van der Waals surface area contributed by atoms with Gasteiger partial charge in [0.15, 0.2) is 10.7 Å². The van der Waals surface area contributed by atoms with Gasteiger partial charge >= 0.3 is 6.18 Å². The number of nitrogens with zero attached hydrogens (tertiary/aromatic N) is 4. The van der Waals surface area contributed by atoms with E-state index < -0.39 is 28.2 Å². The van der Waals surface area contributed by atoms with Crippen LogP contribution in [0.5, 0.6) is 0 Å². The van der Waals surface area contributed by atoms with Crippen molar-refractivity contribution in [1.82, 2.24) is 24.8 Å². The summed E-state index contributed by atoms with van der Waals surface area (Å²) < 4.78 is 64.2. The maximum absolute atomic E-state index is 13.3. The molecule has 1 aliphatic heterocycles. The normalized spacial score (nSPS) is 26.2. The lowest BCUT2D eigenvalue weighted by atomic mass is 9.79. The molecule has 7 nitrogen and oxygen atoms in total. The molecule has 0 bridgehead atoms. The Kier molecular flexibility index (Phi) is 6.02. The number of pyridine rings is 1. The second-order valence-electron chi connectivity index (χ2n) is 9.20. The van der Waals surface area contributed by atoms with Gasteiger partial charge in [-0.15, -0.1) is 0 Å². The predicted molar refractivity (Wildman–Crippen MR) is 118 cm³/mol. The molecule has 33 heavy (non-hydrogen) atoms. The summed E-state index contributed by atoms with van der Waals surface area (Å²) in [6, 6.07) is 1.95. The number of fused-ring (bicyclic) bond motifs is 3. The molecular formula is C22H26F3N5O2S. The van der Waals surface area contributed by atoms with Crippen molar-refractivity contribution in [2.45, 2.75) is 56.0 Å². The van der Waals surface area contributed by atoms with Gasteiger partial charge in [0.05, 0.1) is 23.3 Å². The molecule has 1 saturated carbocycles. The molecule has 11 heteroatoms. The van der Waals surface area contributed by atoms with Gasteiger partial charge in [0.1, 0.15) is 17.3 Å². The zero-order chi connectivity index (χ0) is 23.2. The van der Waals surface area contributed by atoms with E-state index in [1.165, 1.54) is 6.33 Å². The number of likely N-dealkylation sites (tertiary alicyclic amines) is 1. The Balaban J connectivity index is 1.36. The standard InChI is InChI=1S/C22H26F3N5O2S/c23-22(24,25)15-2-1-9-30(11-15)21(33(31)32)14-5-3-13(4-6-14)19-18-16-7-8-26-20(16)27-10-17(18)28-12-29-19/h7-8,10,12-15,21,33H,1-6,9,11H2,(H,26,27). The largest absolute Gasteiger partial charge is 0.393 e. The summed E-state index contributed by atoms with van der Waals surface area (Å²) in [4.78, 5) is 18.0. The number of alkyl halides is 3. The first-order chi connectivity index (χ1) is 15.8. The Morgan fingerprint density at radius 3 is 2.61 bits per heavy atom. The number of rotatable bonds is 4. The SMILES string of the molecule is O=[SH](=O)C(C1CCC(c2ncnc3cnc4[nH]ccc4c23)CC1)N1CCCC(C(F)(F)F)C1. The van der Waals surface area contributed by atoms with Crippen molar-refractivity contribution in [2.24, 2.45) is 11.8 Å². The minimum absolute atomic E-state index is 0.0678. The molecule has 1 saturated heterocycles. The van der Waals surface area contributed by atoms with Crippen LogP contribution in [0.25, 0.3) is 21.9 Å². The van der Waals surface area contributed by atoms with Crippen molar-refractivity contribution in [3.63, 3.8) is 0 Å². The summed E-state index contributed by atoms with van der Waals surface area (Å²) in [5.41, 5.74) is 2.46. The van der Waals surface area contributed by atoms with Crippen molar-refractivity contribution in [3.8, 4) is 0 Å². The van der Waals surface area contributed by atoms with Gasteiger partial charge in [-0.3, -0.25) is 4.90 Å². The first-order valence-corrected chi connectivity index (χ1v) is 12.6. The molecule has 2 unspecified atom stereocenters. The molecule has 0 amide bonds. The van der Waals surface area contributed by atoms with Gasteiger partial charge in [0.25, 0.3) is 0 Å². The van der Waals surface area contributed by atoms with Crippen LogP contribution in [0, 0.1) is 11.8 Å². The van der Waals surface area contributed by atoms with E-state index in [1.807, 2.05) is 12.3 Å². The molecule has 2 fully saturated rings. The maximum Gasteiger partial charge on any atom is 0.393 e. The van der Waals surface area contributed by atoms with E-state index in [4.69, 9.17) is 0 Å². The molecule has 5 rings (SSSR count). The van der Waals surface area contributed by atoms with Gasteiger partial charge in [-0.1, -0.05) is 0 Å². The number of nitrogens with one attached hydrogen (secondary N) is 1. The monoisotopic (exact) mass is 481 g/mol. The van der Waals surface area contributed by atoms with E-state index in [9.17, 15) is 21.6 Å². The van der Waals surface area contributed by atoms with Crippen LogP contribution >= 0.6 is 0 Å². The average Bonchev–Trinajstić information content (AvgIpc) is 3.28. The fourth-order valence-corrected chi connectivity index (χ4v) is 6.82. The summed E-state index contributed by atoms with van der Waals surface area (Å²) in [7, 11) is -2.86. The van der Waals surface area contributed by atoms with E-state index in [1.54, 1.807) is 11.1 Å². The lowest BCUT2D eigenvalue weighted by Gasteiger charge is -2.41. The van der Waals surface area contributed by atoms with Crippen molar-refractivity contribution >= 4 is 32.6 Å². The molecule has 0 radical (unpaired) electrons. The number of hydrogen-bond donors (Lipinski definition) is 2. The van der Waals surface area contributed by atoms with Gasteiger partial charge in [-0.25, -0.2) is 23.4 Å². The van der Waals surface area contributed by atoms with Crippen LogP contribution in [0.1, 0.15) is 50.1 Å². The molecule has 2 atom stereocenters. The van der Waals surface area contributed by atoms with E-state index in [0.29, 0.717) is 25.8 Å². The molecule has 3 aromatic heterocycles. The molecule has 1 N–H and O–H groups in total. The highest BCUT2D eigenvalue weighted by Crippen LogP contribution is 2.42. The van der Waals surface area contributed by atoms with Crippen molar-refractivity contribution in [1.29, 1.82) is 0 Å². The highest BCUT2D eigenvalue weighted by molar-refractivity contribution is 7.73. The third-order valence-electron chi connectivity index (χ3n) is 7.30. The Labute approximate surface area is 190 Å². The molecule has 4 heterocycles. The highest BCUT2D eigenvalue weighted by atomic mass is 32.2. The second kappa shape index (κ2) is 8.83. The Bertz CT molecular complexity index is 1210. The molecule has 3 aromatic rings. The number of thiol groups is 1. The van der Waals surface area contributed by atoms with Crippen molar-refractivity contribution in [3.05, 3.63) is 30.5 Å². The van der Waals surface area contributed by atoms with E-state index in [0.717, 1.165) is 40.5 Å². The van der Waals surface area contributed by atoms with Crippen LogP contribution < -0.4 is 0 Å². The van der Waals surface area contributed by atoms with E-state index in [2.05, 4.69) is 19.9 Å². The number of piperidine rings is 1. The molecule has 0 spiro atoms. The maximum atomic E-state index is 13.3. The smallest absolute Gasteiger partial charge is 0.346 e. The summed E-state index contributed by atoms with van der Waals surface area (Å²) in [6.45, 7) is 0.169. The molecule has 0 aromatic carbocycles. The average molecular weight is 482 g/mol. The van der Waals surface area contributed by atoms with Gasteiger partial charge in [-0.2, -0.15) is 13.2 Å². The predicted octanol–water partition coefficient (Wildman–Crippen LogP) is 3.99. The van der Waals surface area contributed by atoms with Gasteiger partial charge in [-0.05, 0) is 57.1 Å². The number of halogens is 3. The van der Waals surface area contributed by atoms with Crippen LogP contribution in [0.3, 0.4) is 0 Å². The minimum Gasteiger partial charge on any atom is -0.346 e. The highest BCUT2D eigenvalue weighted by Gasteiger charge is 2.45. The van der Waals surface area contributed by atoms with Crippen molar-refractivity contribution in [2.75, 3.05) is 13.1 Å². The fraction of sp³-hybridized carbons (Fsp3) is 0.591. The molecule has 1 aliphatic carbocycles. The zero-order valence-corrected chi connectivity index (χ0v) is 18.9. The second-order valence-corrected chi connectivity index (χ2v) is 10.3. The summed E-state index contributed by atoms with van der Waals surface area (Å²) in [6.07, 6.45) is 3.97. The van der Waals surface area contributed by atoms with Crippen LogP contribution in [0.2, 0.25) is 0 Å². The van der Waals surface area contributed by atoms with Crippen LogP contribution in [0.15, 0.2) is 24.8 Å². The number of aromatic nitrogens is 4. The summed E-state index contributed by atoms with van der Waals surface area (Å²) >= 11 is 0. The third-order valence-corrected chi connectivity index (χ3v) is 8.48.